The molecule has 0 aliphatic carbocycles. The van der Waals surface area contributed by atoms with Crippen molar-refractivity contribution in [1.82, 2.24) is 15.1 Å². The molecule has 0 aromatic carbocycles. The van der Waals surface area contributed by atoms with Gasteiger partial charge in [0.1, 0.15) is 12.2 Å². The zero-order chi connectivity index (χ0) is 9.84. The van der Waals surface area contributed by atoms with Crippen molar-refractivity contribution in [2.75, 3.05) is 6.54 Å². The number of amides is 1. The molecule has 1 aromatic heterocycles. The molecule has 0 saturated heterocycles. The van der Waals surface area contributed by atoms with E-state index in [0.29, 0.717) is 5.69 Å². The molecule has 0 aliphatic rings. The summed E-state index contributed by atoms with van der Waals surface area (Å²) in [7, 11) is 1.61. The predicted molar refractivity (Wildman–Crippen MR) is 48.9 cm³/mol. The number of aliphatic carboxylic acids is 1. The minimum atomic E-state index is -1.07. The Hall–Kier alpha value is -1.25. The summed E-state index contributed by atoms with van der Waals surface area (Å²) in [6.45, 7) is -0.385. The summed E-state index contributed by atoms with van der Waals surface area (Å²) in [5.41, 5.74) is 0.334. The number of hydrogen-bond acceptors (Lipinski definition) is 3. The van der Waals surface area contributed by atoms with Crippen molar-refractivity contribution in [2.24, 2.45) is 7.05 Å². The minimum absolute atomic E-state index is 0. The zero-order valence-electron chi connectivity index (χ0n) is 8.02. The fourth-order valence-electron chi connectivity index (χ4n) is 0.843. The molecule has 1 radical (unpaired) electrons. The van der Waals surface area contributed by atoms with Crippen LogP contribution in [0.3, 0.4) is 0 Å². The molecule has 0 spiro atoms. The molecule has 6 nitrogen and oxygen atoms in total. The van der Waals surface area contributed by atoms with Gasteiger partial charge in [-0.15, -0.1) is 0 Å². The molecule has 7 heteroatoms. The van der Waals surface area contributed by atoms with E-state index in [1.54, 1.807) is 7.05 Å². The first-order chi connectivity index (χ1) is 6.11. The Morgan fingerprint density at radius 3 is 2.71 bits per heavy atom. The second-order valence-corrected chi connectivity index (χ2v) is 2.42. The van der Waals surface area contributed by atoms with Gasteiger partial charge in [0.2, 0.25) is 0 Å². The Labute approximate surface area is 92.5 Å². The zero-order valence-corrected chi connectivity index (χ0v) is 8.02. The Kier molecular flexibility index (Phi) is 4.98. The summed E-state index contributed by atoms with van der Waals surface area (Å²) in [6, 6.07) is 1.51. The maximum absolute atomic E-state index is 11.2. The normalized spacial score (nSPS) is 8.93. The largest absolute Gasteiger partial charge is 0.480 e. The summed E-state index contributed by atoms with van der Waals surface area (Å²) in [4.78, 5) is 21.3. The number of carboxylic acid groups (broad SMARTS) is 1. The van der Waals surface area contributed by atoms with Crippen LogP contribution >= 0.6 is 0 Å². The molecule has 0 unspecified atom stereocenters. The third kappa shape index (κ3) is 3.24. The van der Waals surface area contributed by atoms with Crippen molar-refractivity contribution in [3.8, 4) is 0 Å². The van der Waals surface area contributed by atoms with E-state index in [1.165, 1.54) is 16.9 Å². The average molecular weight is 190 g/mol. The van der Waals surface area contributed by atoms with E-state index < -0.39 is 11.9 Å². The van der Waals surface area contributed by atoms with Gasteiger partial charge in [-0.3, -0.25) is 14.3 Å². The minimum Gasteiger partial charge on any atom is -0.480 e. The van der Waals surface area contributed by atoms with Crippen molar-refractivity contribution in [3.05, 3.63) is 18.0 Å². The smallest absolute Gasteiger partial charge is 0.322 e. The van der Waals surface area contributed by atoms with Gasteiger partial charge in [-0.1, -0.05) is 0 Å². The van der Waals surface area contributed by atoms with Gasteiger partial charge in [0.25, 0.3) is 5.91 Å². The molecule has 1 amide bonds. The van der Waals surface area contributed by atoms with E-state index in [4.69, 9.17) is 5.11 Å². The molecule has 0 fully saturated rings. The van der Waals surface area contributed by atoms with Gasteiger partial charge < -0.3 is 10.4 Å². The van der Waals surface area contributed by atoms with Gasteiger partial charge >= 0.3 is 5.97 Å². The second kappa shape index (κ2) is 5.47. The van der Waals surface area contributed by atoms with Gasteiger partial charge in [0.15, 0.2) is 0 Å². The first-order valence-corrected chi connectivity index (χ1v) is 3.59. The standard InChI is InChI=1S/C7H9N3O3.Li/c1-10-5(2-3-9-10)7(13)8-4-6(11)12;/h2-3H,4H2,1H3,(H,8,13)(H,11,12);. The molecule has 1 aromatic rings. The Morgan fingerprint density at radius 1 is 1.64 bits per heavy atom. The maximum atomic E-state index is 11.2. The molecule has 71 valence electrons. The number of carbonyl (C=O) groups excluding carboxylic acids is 1. The van der Waals surface area contributed by atoms with Gasteiger partial charge in [-0.05, 0) is 6.07 Å². The first kappa shape index (κ1) is 12.7. The van der Waals surface area contributed by atoms with Crippen molar-refractivity contribution >= 4 is 30.7 Å². The van der Waals surface area contributed by atoms with Crippen LogP contribution in [0, 0.1) is 0 Å². The van der Waals surface area contributed by atoms with Crippen LogP contribution in [-0.2, 0) is 11.8 Å². The van der Waals surface area contributed by atoms with Crippen molar-refractivity contribution in [2.45, 2.75) is 0 Å². The van der Waals surface area contributed by atoms with E-state index in [-0.39, 0.29) is 25.4 Å². The van der Waals surface area contributed by atoms with E-state index in [0.717, 1.165) is 0 Å². The Balaban J connectivity index is 0.00000169. The molecule has 1 rings (SSSR count). The summed E-state index contributed by atoms with van der Waals surface area (Å²) >= 11 is 0. The summed E-state index contributed by atoms with van der Waals surface area (Å²) in [6.07, 6.45) is 1.47. The van der Waals surface area contributed by atoms with Crippen LogP contribution in [0.2, 0.25) is 0 Å². The van der Waals surface area contributed by atoms with Crippen LogP contribution in [0.25, 0.3) is 0 Å². The SMILES string of the molecule is Cn1nccc1C(=O)NCC(=O)O.[Li]. The van der Waals surface area contributed by atoms with E-state index in [9.17, 15) is 9.59 Å². The van der Waals surface area contributed by atoms with Crippen LogP contribution in [0.15, 0.2) is 12.3 Å². The molecule has 1 heterocycles. The molecule has 0 saturated carbocycles. The number of hydrogen-bond donors (Lipinski definition) is 2. The van der Waals surface area contributed by atoms with Crippen LogP contribution < -0.4 is 5.32 Å². The number of rotatable bonds is 3. The molecule has 14 heavy (non-hydrogen) atoms. The summed E-state index contributed by atoms with van der Waals surface area (Å²) in [5, 5.41) is 14.3. The van der Waals surface area contributed by atoms with Crippen molar-refractivity contribution in [1.29, 1.82) is 0 Å². The number of aryl methyl sites for hydroxylation is 1. The summed E-state index contributed by atoms with van der Waals surface area (Å²) < 4.78 is 1.37. The predicted octanol–water partition coefficient (Wildman–Crippen LogP) is -1.15. The number of nitrogens with one attached hydrogen (secondary N) is 1. The Morgan fingerprint density at radius 2 is 2.29 bits per heavy atom. The Bertz CT molecular complexity index is 337. The maximum Gasteiger partial charge on any atom is 0.322 e. The van der Waals surface area contributed by atoms with Gasteiger partial charge in [-0.25, -0.2) is 0 Å². The van der Waals surface area contributed by atoms with Crippen LogP contribution in [-0.4, -0.2) is 52.2 Å². The van der Waals surface area contributed by atoms with E-state index in [1.807, 2.05) is 0 Å². The summed E-state index contributed by atoms with van der Waals surface area (Å²) in [5.74, 6) is -1.52. The van der Waals surface area contributed by atoms with Crippen LogP contribution in [0.1, 0.15) is 10.5 Å². The van der Waals surface area contributed by atoms with Gasteiger partial charge in [0.05, 0.1) is 0 Å². The second-order valence-electron chi connectivity index (χ2n) is 2.42. The fourth-order valence-corrected chi connectivity index (χ4v) is 0.843. The molecule has 0 bridgehead atoms. The van der Waals surface area contributed by atoms with Crippen LogP contribution in [0.5, 0.6) is 0 Å². The molecular formula is C7H9LiN3O3. The molecule has 0 aliphatic heterocycles. The first-order valence-electron chi connectivity index (χ1n) is 3.59. The van der Waals surface area contributed by atoms with Gasteiger partial charge in [0, 0.05) is 32.1 Å². The van der Waals surface area contributed by atoms with E-state index in [2.05, 4.69) is 10.4 Å². The quantitative estimate of drug-likeness (QED) is 0.589. The fraction of sp³-hybridized carbons (Fsp3) is 0.286. The number of carbonyl (C=O) groups is 2. The number of aromatic nitrogens is 2. The van der Waals surface area contributed by atoms with Crippen LogP contribution in [0.4, 0.5) is 0 Å². The molecule has 0 atom stereocenters. The number of carboxylic acids is 1. The van der Waals surface area contributed by atoms with Gasteiger partial charge in [-0.2, -0.15) is 5.10 Å². The monoisotopic (exact) mass is 190 g/mol. The molecule has 2 N–H and O–H groups in total. The van der Waals surface area contributed by atoms with E-state index >= 15 is 0 Å². The topological polar surface area (TPSA) is 84.2 Å². The van der Waals surface area contributed by atoms with Crippen molar-refractivity contribution < 1.29 is 14.7 Å². The third-order valence-electron chi connectivity index (χ3n) is 1.45. The molecular weight excluding hydrogens is 181 g/mol. The van der Waals surface area contributed by atoms with Crippen molar-refractivity contribution in [3.63, 3.8) is 0 Å². The third-order valence-corrected chi connectivity index (χ3v) is 1.45. The number of nitrogens with zero attached hydrogens (tertiary/aromatic N) is 2. The average Bonchev–Trinajstić information content (AvgIpc) is 2.47.